The maximum atomic E-state index is 12.6. The Morgan fingerprint density at radius 1 is 1.03 bits per heavy atom. The van der Waals surface area contributed by atoms with Gasteiger partial charge in [0.2, 0.25) is 5.91 Å². The molecule has 4 aliphatic rings. The van der Waals surface area contributed by atoms with Crippen LogP contribution >= 0.6 is 0 Å². The first-order valence-corrected chi connectivity index (χ1v) is 13.9. The molecule has 4 aliphatic carbocycles. The zero-order valence-corrected chi connectivity index (χ0v) is 22.3. The minimum atomic E-state index is -0.864. The highest BCUT2D eigenvalue weighted by molar-refractivity contribution is 5.82. The largest absolute Gasteiger partial charge is 0.431 e. The average Bonchev–Trinajstić information content (AvgIpc) is 3.11. The lowest BCUT2D eigenvalue weighted by atomic mass is 9.42. The van der Waals surface area contributed by atoms with Crippen LogP contribution in [0.5, 0.6) is 0 Å². The summed E-state index contributed by atoms with van der Waals surface area (Å²) >= 11 is 0. The number of hydrogen-bond acceptors (Lipinski definition) is 6. The summed E-state index contributed by atoms with van der Waals surface area (Å²) in [6.45, 7) is 8.34. The number of aliphatic hydroxyl groups is 2. The first kappa shape index (κ1) is 25.9. The molecule has 5 N–H and O–H groups in total. The Labute approximate surface area is 214 Å². The van der Waals surface area contributed by atoms with E-state index in [2.05, 4.69) is 19.2 Å². The highest BCUT2D eigenvalue weighted by Crippen LogP contribution is 2.71. The normalized spacial score (nSPS) is 44.9. The van der Waals surface area contributed by atoms with Crippen molar-refractivity contribution >= 4 is 5.91 Å². The Bertz CT molecular complexity index is 1050. The zero-order valence-electron chi connectivity index (χ0n) is 22.3. The van der Waals surface area contributed by atoms with E-state index in [9.17, 15) is 19.8 Å². The Morgan fingerprint density at radius 2 is 1.72 bits per heavy atom. The zero-order chi connectivity index (χ0) is 26.1. The van der Waals surface area contributed by atoms with Crippen molar-refractivity contribution in [1.82, 2.24) is 5.32 Å². The van der Waals surface area contributed by atoms with Crippen molar-refractivity contribution in [3.05, 3.63) is 34.4 Å². The third-order valence-corrected chi connectivity index (χ3v) is 11.5. The molecule has 7 heteroatoms. The molecule has 7 nitrogen and oxygen atoms in total. The van der Waals surface area contributed by atoms with Crippen molar-refractivity contribution in [1.29, 1.82) is 0 Å². The van der Waals surface area contributed by atoms with Gasteiger partial charge in [0.05, 0.1) is 23.5 Å². The summed E-state index contributed by atoms with van der Waals surface area (Å²) in [5, 5.41) is 27.6. The fourth-order valence-electron chi connectivity index (χ4n) is 9.05. The van der Waals surface area contributed by atoms with Crippen LogP contribution in [0.3, 0.4) is 0 Å². The molecule has 1 aromatic heterocycles. The van der Waals surface area contributed by atoms with Crippen molar-refractivity contribution in [3.8, 4) is 0 Å². The van der Waals surface area contributed by atoms with Gasteiger partial charge in [-0.15, -0.1) is 0 Å². The van der Waals surface area contributed by atoms with Gasteiger partial charge in [-0.25, -0.2) is 4.79 Å². The molecule has 36 heavy (non-hydrogen) atoms. The lowest BCUT2D eigenvalue weighted by Gasteiger charge is -2.66. The Kier molecular flexibility index (Phi) is 6.24. The second kappa shape index (κ2) is 8.67. The van der Waals surface area contributed by atoms with E-state index in [-0.39, 0.29) is 52.1 Å². The number of fused-ring (bicyclic) bond motifs is 5. The van der Waals surface area contributed by atoms with Gasteiger partial charge in [0, 0.05) is 17.5 Å². The third kappa shape index (κ3) is 3.64. The first-order chi connectivity index (χ1) is 16.8. The van der Waals surface area contributed by atoms with Crippen LogP contribution in [-0.2, 0) is 4.79 Å². The Balaban J connectivity index is 1.37. The van der Waals surface area contributed by atoms with Gasteiger partial charge < -0.3 is 25.7 Å². The van der Waals surface area contributed by atoms with Gasteiger partial charge in [0.25, 0.3) is 0 Å². The molecule has 0 spiro atoms. The van der Waals surface area contributed by atoms with Crippen LogP contribution in [0.15, 0.2) is 27.6 Å². The van der Waals surface area contributed by atoms with Crippen LogP contribution in [0.1, 0.15) is 97.0 Å². The molecule has 1 unspecified atom stereocenters. The molecule has 0 aliphatic heterocycles. The van der Waals surface area contributed by atoms with E-state index in [4.69, 9.17) is 10.2 Å². The van der Waals surface area contributed by atoms with Crippen LogP contribution in [0, 0.1) is 28.6 Å². The van der Waals surface area contributed by atoms with Crippen molar-refractivity contribution in [2.45, 2.75) is 115 Å². The van der Waals surface area contributed by atoms with E-state index < -0.39 is 17.2 Å². The maximum Gasteiger partial charge on any atom is 0.335 e. The van der Waals surface area contributed by atoms with Gasteiger partial charge in [-0.05, 0) is 98.5 Å². The molecule has 4 saturated carbocycles. The SMILES string of the molecule is CC(C)C(N)C(=O)N[C@H]1CC[C@]2(C)[C@H]3CC[C@]4(C)[C@@H](c5ccc(=O)oc5)CC[C@]4(O)[C@@H]3CC[C@]2(O)C1. The third-order valence-electron chi connectivity index (χ3n) is 11.5. The van der Waals surface area contributed by atoms with E-state index in [1.165, 1.54) is 6.07 Å². The average molecular weight is 501 g/mol. The number of carbonyl (C=O) groups excluding carboxylic acids is 1. The van der Waals surface area contributed by atoms with Crippen molar-refractivity contribution in [2.24, 2.45) is 34.3 Å². The quantitative estimate of drug-likeness (QED) is 0.502. The molecule has 0 saturated heterocycles. The summed E-state index contributed by atoms with van der Waals surface area (Å²) < 4.78 is 5.19. The van der Waals surface area contributed by atoms with Crippen LogP contribution in [0.25, 0.3) is 0 Å². The van der Waals surface area contributed by atoms with Crippen LogP contribution in [0.4, 0.5) is 0 Å². The van der Waals surface area contributed by atoms with Gasteiger partial charge in [0.1, 0.15) is 0 Å². The van der Waals surface area contributed by atoms with Gasteiger partial charge in [0.15, 0.2) is 0 Å². The van der Waals surface area contributed by atoms with Crippen molar-refractivity contribution < 1.29 is 19.4 Å². The second-order valence-electron chi connectivity index (χ2n) is 13.3. The van der Waals surface area contributed by atoms with Gasteiger partial charge in [-0.2, -0.15) is 0 Å². The second-order valence-corrected chi connectivity index (χ2v) is 13.3. The standard InChI is InChI=1S/C29H44N2O5/c1-17(2)24(30)25(33)31-19-7-11-26(3)21-8-12-27(4)20(18-5-6-23(32)36-16-18)10-14-29(27,35)22(21)9-13-28(26,34)15-19/h5-6,16-17,19-22,24,34-35H,7-15,30H2,1-4H3,(H,31,33)/t19-,20+,21-,22+,24?,26+,27+,28-,29-/m0/s1. The lowest BCUT2D eigenvalue weighted by Crippen LogP contribution is -2.68. The molecule has 1 heterocycles. The summed E-state index contributed by atoms with van der Waals surface area (Å²) in [6.07, 6.45) is 8.63. The lowest BCUT2D eigenvalue weighted by molar-refractivity contribution is -0.247. The fourth-order valence-corrected chi connectivity index (χ4v) is 9.05. The summed E-state index contributed by atoms with van der Waals surface area (Å²) in [6, 6.07) is 2.73. The Hall–Kier alpha value is -1.70. The van der Waals surface area contributed by atoms with Gasteiger partial charge in [-0.1, -0.05) is 27.7 Å². The van der Waals surface area contributed by atoms with Crippen molar-refractivity contribution in [3.63, 3.8) is 0 Å². The minimum Gasteiger partial charge on any atom is -0.431 e. The highest BCUT2D eigenvalue weighted by atomic mass is 16.4. The number of carbonyl (C=O) groups is 1. The predicted molar refractivity (Wildman–Crippen MR) is 137 cm³/mol. The van der Waals surface area contributed by atoms with E-state index in [1.807, 2.05) is 19.9 Å². The highest BCUT2D eigenvalue weighted by Gasteiger charge is 2.69. The molecule has 4 fully saturated rings. The number of nitrogens with two attached hydrogens (primary N) is 1. The molecule has 0 bridgehead atoms. The molecule has 9 atom stereocenters. The van der Waals surface area contributed by atoms with Crippen LogP contribution in [0.2, 0.25) is 0 Å². The predicted octanol–water partition coefficient (Wildman–Crippen LogP) is 3.46. The van der Waals surface area contributed by atoms with Gasteiger partial charge >= 0.3 is 5.63 Å². The Morgan fingerprint density at radius 3 is 2.39 bits per heavy atom. The van der Waals surface area contributed by atoms with Crippen molar-refractivity contribution in [2.75, 3.05) is 0 Å². The number of amides is 1. The molecule has 1 amide bonds. The summed E-state index contributed by atoms with van der Waals surface area (Å²) in [4.78, 5) is 24.1. The van der Waals surface area contributed by atoms with E-state index >= 15 is 0 Å². The van der Waals surface area contributed by atoms with Crippen LogP contribution in [-0.4, -0.2) is 39.4 Å². The monoisotopic (exact) mass is 500 g/mol. The molecule has 5 rings (SSSR count). The summed E-state index contributed by atoms with van der Waals surface area (Å²) in [5.41, 5.74) is 4.45. The maximum absolute atomic E-state index is 12.6. The fraction of sp³-hybridized carbons (Fsp3) is 0.793. The molecule has 200 valence electrons. The summed E-state index contributed by atoms with van der Waals surface area (Å²) in [5.74, 6) is 0.445. The minimum absolute atomic E-state index is 0.0665. The number of nitrogens with one attached hydrogen (secondary N) is 1. The molecule has 0 aromatic carbocycles. The van der Waals surface area contributed by atoms with E-state index in [0.29, 0.717) is 12.8 Å². The summed E-state index contributed by atoms with van der Waals surface area (Å²) in [7, 11) is 0. The number of rotatable bonds is 4. The molecule has 1 aromatic rings. The van der Waals surface area contributed by atoms with E-state index in [1.54, 1.807) is 6.26 Å². The number of hydrogen-bond donors (Lipinski definition) is 4. The van der Waals surface area contributed by atoms with Gasteiger partial charge in [-0.3, -0.25) is 4.79 Å². The van der Waals surface area contributed by atoms with E-state index in [0.717, 1.165) is 50.5 Å². The van der Waals surface area contributed by atoms with Crippen LogP contribution < -0.4 is 16.7 Å². The molecular formula is C29H44N2O5. The molecular weight excluding hydrogens is 456 g/mol. The topological polar surface area (TPSA) is 126 Å². The smallest absolute Gasteiger partial charge is 0.335 e. The first-order valence-electron chi connectivity index (χ1n) is 13.9. The molecule has 0 radical (unpaired) electrons.